The van der Waals surface area contributed by atoms with Gasteiger partial charge in [0.05, 0.1) is 5.52 Å². The molecule has 0 spiro atoms. The molecule has 0 unspecified atom stereocenters. The van der Waals surface area contributed by atoms with Crippen LogP contribution in [0.1, 0.15) is 31.9 Å². The maximum Gasteiger partial charge on any atom is 0.220 e. The quantitative estimate of drug-likeness (QED) is 0.610. The minimum atomic E-state index is 0.149. The molecule has 2 aromatic carbocycles. The van der Waals surface area contributed by atoms with Crippen molar-refractivity contribution in [2.75, 3.05) is 0 Å². The number of ether oxygens (including phenoxy) is 1. The second-order valence-electron chi connectivity index (χ2n) is 6.67. The molecule has 0 atom stereocenters. The van der Waals surface area contributed by atoms with Gasteiger partial charge in [-0.25, -0.2) is 4.98 Å². The number of pyridine rings is 1. The summed E-state index contributed by atoms with van der Waals surface area (Å²) in [5, 5.41) is 1.16. The van der Waals surface area contributed by atoms with Gasteiger partial charge in [0.1, 0.15) is 5.75 Å². The molecular formula is C20H21NO. The molecule has 2 heteroatoms. The number of aromatic nitrogens is 1. The fourth-order valence-corrected chi connectivity index (χ4v) is 2.51. The number of rotatable bonds is 2. The van der Waals surface area contributed by atoms with E-state index < -0.39 is 0 Å². The van der Waals surface area contributed by atoms with Crippen LogP contribution in [0.5, 0.6) is 11.6 Å². The fraction of sp³-hybridized carbons (Fsp3) is 0.250. The number of aryl methyl sites for hydroxylation is 1. The fourth-order valence-electron chi connectivity index (χ4n) is 2.51. The molecule has 0 bridgehead atoms. The number of benzene rings is 2. The normalized spacial score (nSPS) is 11.6. The van der Waals surface area contributed by atoms with Gasteiger partial charge in [0.15, 0.2) is 0 Å². The van der Waals surface area contributed by atoms with Crippen molar-refractivity contribution in [1.82, 2.24) is 4.98 Å². The van der Waals surface area contributed by atoms with Gasteiger partial charge in [0.2, 0.25) is 5.88 Å². The molecule has 0 N–H and O–H groups in total. The van der Waals surface area contributed by atoms with Gasteiger partial charge in [0.25, 0.3) is 0 Å². The second kappa shape index (κ2) is 5.45. The monoisotopic (exact) mass is 291 g/mol. The molecule has 112 valence electrons. The zero-order chi connectivity index (χ0) is 15.7. The summed E-state index contributed by atoms with van der Waals surface area (Å²) < 4.78 is 5.92. The van der Waals surface area contributed by atoms with Crippen molar-refractivity contribution >= 4 is 10.9 Å². The Morgan fingerprint density at radius 1 is 0.909 bits per heavy atom. The van der Waals surface area contributed by atoms with Crippen LogP contribution in [0, 0.1) is 6.92 Å². The van der Waals surface area contributed by atoms with E-state index in [0.717, 1.165) is 16.7 Å². The third-order valence-electron chi connectivity index (χ3n) is 3.84. The molecule has 0 aliphatic heterocycles. The Hall–Kier alpha value is -2.35. The van der Waals surface area contributed by atoms with Gasteiger partial charge in [-0.1, -0.05) is 51.1 Å². The van der Waals surface area contributed by atoms with Crippen LogP contribution in [-0.2, 0) is 5.41 Å². The lowest BCUT2D eigenvalue weighted by atomic mass is 9.87. The summed E-state index contributed by atoms with van der Waals surface area (Å²) >= 11 is 0. The average molecular weight is 291 g/mol. The van der Waals surface area contributed by atoms with Gasteiger partial charge < -0.3 is 4.74 Å². The zero-order valence-electron chi connectivity index (χ0n) is 13.6. The van der Waals surface area contributed by atoms with Crippen molar-refractivity contribution in [2.24, 2.45) is 0 Å². The molecule has 0 aliphatic rings. The van der Waals surface area contributed by atoms with Crippen LogP contribution in [0.4, 0.5) is 0 Å². The maximum atomic E-state index is 5.92. The molecule has 2 nitrogen and oxygen atoms in total. The lowest BCUT2D eigenvalue weighted by Crippen LogP contribution is -2.10. The first-order chi connectivity index (χ1) is 10.4. The third kappa shape index (κ3) is 2.96. The smallest absolute Gasteiger partial charge is 0.220 e. The number of nitrogens with zero attached hydrogens (tertiary/aromatic N) is 1. The number of hydrogen-bond donors (Lipinski definition) is 0. The molecule has 0 amide bonds. The van der Waals surface area contributed by atoms with Gasteiger partial charge in [0, 0.05) is 11.5 Å². The van der Waals surface area contributed by atoms with Gasteiger partial charge in [-0.15, -0.1) is 0 Å². The first kappa shape index (κ1) is 14.6. The lowest BCUT2D eigenvalue weighted by Gasteiger charge is -2.19. The first-order valence-corrected chi connectivity index (χ1v) is 7.58. The molecule has 0 saturated heterocycles. The van der Waals surface area contributed by atoms with E-state index in [2.05, 4.69) is 50.9 Å². The molecule has 0 fully saturated rings. The summed E-state index contributed by atoms with van der Waals surface area (Å²) in [6.45, 7) is 8.70. The Morgan fingerprint density at radius 2 is 1.59 bits per heavy atom. The molecule has 0 radical (unpaired) electrons. The molecule has 1 aromatic heterocycles. The first-order valence-electron chi connectivity index (χ1n) is 7.58. The Morgan fingerprint density at radius 3 is 2.27 bits per heavy atom. The van der Waals surface area contributed by atoms with Crippen molar-refractivity contribution in [3.63, 3.8) is 0 Å². The predicted octanol–water partition coefficient (Wildman–Crippen LogP) is 5.63. The standard InChI is InChI=1S/C20H21NO/c1-14-13-19(21-18-8-6-5-7-17(14)18)22-16-11-9-15(10-12-16)20(2,3)4/h5-13H,1-4H3. The second-order valence-corrected chi connectivity index (χ2v) is 6.67. The summed E-state index contributed by atoms with van der Waals surface area (Å²) in [6, 6.07) is 18.4. The lowest BCUT2D eigenvalue weighted by molar-refractivity contribution is 0.463. The topological polar surface area (TPSA) is 22.1 Å². The molecule has 0 aliphatic carbocycles. The van der Waals surface area contributed by atoms with Crippen LogP contribution >= 0.6 is 0 Å². The summed E-state index contributed by atoms with van der Waals surface area (Å²) in [5.74, 6) is 1.45. The van der Waals surface area contributed by atoms with Crippen LogP contribution in [0.3, 0.4) is 0 Å². The number of hydrogen-bond acceptors (Lipinski definition) is 2. The largest absolute Gasteiger partial charge is 0.439 e. The Bertz CT molecular complexity index is 798. The van der Waals surface area contributed by atoms with Crippen LogP contribution < -0.4 is 4.74 Å². The van der Waals surface area contributed by atoms with Crippen molar-refractivity contribution in [1.29, 1.82) is 0 Å². The van der Waals surface area contributed by atoms with Crippen LogP contribution in [0.2, 0.25) is 0 Å². The zero-order valence-corrected chi connectivity index (χ0v) is 13.6. The molecule has 3 rings (SSSR count). The van der Waals surface area contributed by atoms with E-state index in [9.17, 15) is 0 Å². The van der Waals surface area contributed by atoms with Crippen LogP contribution in [0.25, 0.3) is 10.9 Å². The van der Waals surface area contributed by atoms with Gasteiger partial charge in [-0.05, 0) is 41.7 Å². The third-order valence-corrected chi connectivity index (χ3v) is 3.84. The molecular weight excluding hydrogens is 270 g/mol. The van der Waals surface area contributed by atoms with E-state index in [1.807, 2.05) is 36.4 Å². The van der Waals surface area contributed by atoms with Crippen molar-refractivity contribution in [3.8, 4) is 11.6 Å². The Kier molecular flexibility index (Phi) is 3.61. The van der Waals surface area contributed by atoms with Gasteiger partial charge in [-0.2, -0.15) is 0 Å². The molecule has 1 heterocycles. The van der Waals surface area contributed by atoms with Gasteiger partial charge >= 0.3 is 0 Å². The average Bonchev–Trinajstić information content (AvgIpc) is 2.47. The minimum Gasteiger partial charge on any atom is -0.439 e. The number of fused-ring (bicyclic) bond motifs is 1. The van der Waals surface area contributed by atoms with E-state index in [0.29, 0.717) is 5.88 Å². The van der Waals surface area contributed by atoms with E-state index >= 15 is 0 Å². The van der Waals surface area contributed by atoms with Crippen LogP contribution in [-0.4, -0.2) is 4.98 Å². The van der Waals surface area contributed by atoms with Crippen molar-refractivity contribution in [3.05, 3.63) is 65.7 Å². The Labute approximate surface area is 131 Å². The highest BCUT2D eigenvalue weighted by Crippen LogP contribution is 2.28. The van der Waals surface area contributed by atoms with Gasteiger partial charge in [-0.3, -0.25) is 0 Å². The van der Waals surface area contributed by atoms with E-state index in [1.54, 1.807) is 0 Å². The summed E-state index contributed by atoms with van der Waals surface area (Å²) in [7, 11) is 0. The SMILES string of the molecule is Cc1cc(Oc2ccc(C(C)(C)C)cc2)nc2ccccc12. The highest BCUT2D eigenvalue weighted by Gasteiger charge is 2.13. The predicted molar refractivity (Wildman–Crippen MR) is 91.7 cm³/mol. The van der Waals surface area contributed by atoms with Crippen molar-refractivity contribution in [2.45, 2.75) is 33.1 Å². The summed E-state index contributed by atoms with van der Waals surface area (Å²) in [4.78, 5) is 4.58. The highest BCUT2D eigenvalue weighted by molar-refractivity contribution is 5.82. The molecule has 3 aromatic rings. The number of para-hydroxylation sites is 1. The van der Waals surface area contributed by atoms with E-state index in [-0.39, 0.29) is 5.41 Å². The van der Waals surface area contributed by atoms with Crippen LogP contribution in [0.15, 0.2) is 54.6 Å². The Balaban J connectivity index is 1.90. The minimum absolute atomic E-state index is 0.149. The highest BCUT2D eigenvalue weighted by atomic mass is 16.5. The maximum absolute atomic E-state index is 5.92. The van der Waals surface area contributed by atoms with Crippen molar-refractivity contribution < 1.29 is 4.74 Å². The molecule has 0 saturated carbocycles. The summed E-state index contributed by atoms with van der Waals surface area (Å²) in [6.07, 6.45) is 0. The van der Waals surface area contributed by atoms with E-state index in [1.165, 1.54) is 11.1 Å². The van der Waals surface area contributed by atoms with E-state index in [4.69, 9.17) is 4.74 Å². The molecule has 22 heavy (non-hydrogen) atoms. The summed E-state index contributed by atoms with van der Waals surface area (Å²) in [5.41, 5.74) is 3.58.